The molecule has 8 heteroatoms. The standard InChI is InChI=1S/C19H24FN3O3S/c1-19(2,3)26-18(25)22-11-9-16-23-15(12-27-16)17(24)21-10-8-13-4-6-14(20)7-5-13/h4-7,12H,8-11H2,1-3H3,(H,21,24)(H,22,25). The first-order valence-electron chi connectivity index (χ1n) is 8.67. The van der Waals surface area contributed by atoms with Crippen molar-refractivity contribution in [2.45, 2.75) is 39.2 Å². The van der Waals surface area contributed by atoms with E-state index in [4.69, 9.17) is 4.74 Å². The highest BCUT2D eigenvalue weighted by Gasteiger charge is 2.16. The minimum Gasteiger partial charge on any atom is -0.444 e. The van der Waals surface area contributed by atoms with Crippen molar-refractivity contribution in [1.29, 1.82) is 0 Å². The Morgan fingerprint density at radius 2 is 1.78 bits per heavy atom. The van der Waals surface area contributed by atoms with Gasteiger partial charge in [0.1, 0.15) is 17.1 Å². The molecule has 0 radical (unpaired) electrons. The molecule has 0 aliphatic carbocycles. The quantitative estimate of drug-likeness (QED) is 0.756. The van der Waals surface area contributed by atoms with Gasteiger partial charge in [-0.2, -0.15) is 0 Å². The average Bonchev–Trinajstić information content (AvgIpc) is 3.04. The second-order valence-electron chi connectivity index (χ2n) is 6.94. The van der Waals surface area contributed by atoms with E-state index in [0.717, 1.165) is 10.6 Å². The Balaban J connectivity index is 1.71. The van der Waals surface area contributed by atoms with Crippen molar-refractivity contribution in [3.05, 3.63) is 51.7 Å². The van der Waals surface area contributed by atoms with Crippen LogP contribution in [0, 0.1) is 5.82 Å². The van der Waals surface area contributed by atoms with Crippen LogP contribution in [0.5, 0.6) is 0 Å². The SMILES string of the molecule is CC(C)(C)OC(=O)NCCc1nc(C(=O)NCCc2ccc(F)cc2)cs1. The van der Waals surface area contributed by atoms with Crippen LogP contribution in [0.3, 0.4) is 0 Å². The summed E-state index contributed by atoms with van der Waals surface area (Å²) in [7, 11) is 0. The zero-order valence-corrected chi connectivity index (χ0v) is 16.5. The molecule has 27 heavy (non-hydrogen) atoms. The van der Waals surface area contributed by atoms with Gasteiger partial charge in [0, 0.05) is 24.9 Å². The molecule has 2 aromatic rings. The molecule has 0 aliphatic heterocycles. The number of carbonyl (C=O) groups is 2. The van der Waals surface area contributed by atoms with E-state index in [1.807, 2.05) is 0 Å². The lowest BCUT2D eigenvalue weighted by molar-refractivity contribution is 0.0528. The van der Waals surface area contributed by atoms with Crippen LogP contribution in [-0.2, 0) is 17.6 Å². The highest BCUT2D eigenvalue weighted by atomic mass is 32.1. The van der Waals surface area contributed by atoms with E-state index in [1.165, 1.54) is 23.5 Å². The number of nitrogens with one attached hydrogen (secondary N) is 2. The van der Waals surface area contributed by atoms with Gasteiger partial charge in [-0.05, 0) is 44.9 Å². The molecule has 1 aromatic carbocycles. The molecule has 0 unspecified atom stereocenters. The summed E-state index contributed by atoms with van der Waals surface area (Å²) >= 11 is 1.37. The number of hydrogen-bond donors (Lipinski definition) is 2. The summed E-state index contributed by atoms with van der Waals surface area (Å²) < 4.78 is 18.0. The van der Waals surface area contributed by atoms with Crippen LogP contribution < -0.4 is 10.6 Å². The molecule has 0 atom stereocenters. The third kappa shape index (κ3) is 7.74. The maximum atomic E-state index is 12.9. The number of nitrogens with zero attached hydrogens (tertiary/aromatic N) is 1. The normalized spacial score (nSPS) is 11.1. The molecule has 2 rings (SSSR count). The molecule has 0 saturated heterocycles. The monoisotopic (exact) mass is 393 g/mol. The van der Waals surface area contributed by atoms with Crippen LogP contribution in [0.1, 0.15) is 41.8 Å². The fraction of sp³-hybridized carbons (Fsp3) is 0.421. The van der Waals surface area contributed by atoms with Crippen LogP contribution >= 0.6 is 11.3 Å². The molecule has 0 saturated carbocycles. The zero-order chi connectivity index (χ0) is 19.9. The number of hydrogen-bond acceptors (Lipinski definition) is 5. The van der Waals surface area contributed by atoms with Gasteiger partial charge in [0.2, 0.25) is 0 Å². The number of benzene rings is 1. The first kappa shape index (κ1) is 20.8. The van der Waals surface area contributed by atoms with E-state index in [-0.39, 0.29) is 11.7 Å². The molecule has 1 heterocycles. The van der Waals surface area contributed by atoms with Crippen molar-refractivity contribution in [3.8, 4) is 0 Å². The summed E-state index contributed by atoms with van der Waals surface area (Å²) in [6, 6.07) is 6.19. The lowest BCUT2D eigenvalue weighted by atomic mass is 10.1. The topological polar surface area (TPSA) is 80.3 Å². The third-order valence-electron chi connectivity index (χ3n) is 3.40. The van der Waals surface area contributed by atoms with Gasteiger partial charge in [-0.3, -0.25) is 4.79 Å². The summed E-state index contributed by atoms with van der Waals surface area (Å²) in [4.78, 5) is 28.0. The van der Waals surface area contributed by atoms with E-state index < -0.39 is 11.7 Å². The average molecular weight is 393 g/mol. The van der Waals surface area contributed by atoms with Crippen LogP contribution in [0.4, 0.5) is 9.18 Å². The Hall–Kier alpha value is -2.48. The predicted octanol–water partition coefficient (Wildman–Crippen LogP) is 3.32. The van der Waals surface area contributed by atoms with E-state index in [2.05, 4.69) is 15.6 Å². The molecule has 1 aromatic heterocycles. The second-order valence-corrected chi connectivity index (χ2v) is 7.88. The van der Waals surface area contributed by atoms with Crippen molar-refractivity contribution >= 4 is 23.3 Å². The number of halogens is 1. The molecule has 2 N–H and O–H groups in total. The van der Waals surface area contributed by atoms with Crippen LogP contribution in [-0.4, -0.2) is 35.7 Å². The van der Waals surface area contributed by atoms with E-state index >= 15 is 0 Å². The predicted molar refractivity (Wildman–Crippen MR) is 102 cm³/mol. The summed E-state index contributed by atoms with van der Waals surface area (Å²) in [5.41, 5.74) is 0.764. The van der Waals surface area contributed by atoms with Gasteiger partial charge in [-0.25, -0.2) is 14.2 Å². The Kier molecular flexibility index (Phi) is 7.29. The fourth-order valence-electron chi connectivity index (χ4n) is 2.18. The largest absolute Gasteiger partial charge is 0.444 e. The van der Waals surface area contributed by atoms with Crippen LogP contribution in [0.2, 0.25) is 0 Å². The first-order valence-corrected chi connectivity index (χ1v) is 9.55. The van der Waals surface area contributed by atoms with E-state index in [9.17, 15) is 14.0 Å². The van der Waals surface area contributed by atoms with Crippen LogP contribution in [0.15, 0.2) is 29.6 Å². The number of carbonyl (C=O) groups excluding carboxylic acids is 2. The maximum Gasteiger partial charge on any atom is 0.407 e. The number of ether oxygens (including phenoxy) is 1. The smallest absolute Gasteiger partial charge is 0.407 e. The van der Waals surface area contributed by atoms with Crippen molar-refractivity contribution in [2.75, 3.05) is 13.1 Å². The van der Waals surface area contributed by atoms with E-state index in [0.29, 0.717) is 31.6 Å². The molecule has 146 valence electrons. The molecule has 0 fully saturated rings. The Morgan fingerprint density at radius 1 is 1.11 bits per heavy atom. The molecule has 2 amide bonds. The molecule has 6 nitrogen and oxygen atoms in total. The molecular formula is C19H24FN3O3S. The second kappa shape index (κ2) is 9.45. The van der Waals surface area contributed by atoms with E-state index in [1.54, 1.807) is 38.3 Å². The van der Waals surface area contributed by atoms with Gasteiger partial charge < -0.3 is 15.4 Å². The Morgan fingerprint density at radius 3 is 2.44 bits per heavy atom. The lowest BCUT2D eigenvalue weighted by Gasteiger charge is -2.19. The minimum atomic E-state index is -0.537. The number of thiazole rings is 1. The molecular weight excluding hydrogens is 369 g/mol. The van der Waals surface area contributed by atoms with Gasteiger partial charge in [-0.1, -0.05) is 12.1 Å². The van der Waals surface area contributed by atoms with Crippen LogP contribution in [0.25, 0.3) is 0 Å². The maximum absolute atomic E-state index is 12.9. The van der Waals surface area contributed by atoms with Gasteiger partial charge in [0.15, 0.2) is 0 Å². The molecule has 0 bridgehead atoms. The number of aromatic nitrogens is 1. The summed E-state index contributed by atoms with van der Waals surface area (Å²) in [6.45, 7) is 6.22. The van der Waals surface area contributed by atoms with Crippen molar-refractivity contribution < 1.29 is 18.7 Å². The molecule has 0 aliphatic rings. The summed E-state index contributed by atoms with van der Waals surface area (Å²) in [6.07, 6.45) is 0.660. The first-order chi connectivity index (χ1) is 12.7. The van der Waals surface area contributed by atoms with Gasteiger partial charge in [-0.15, -0.1) is 11.3 Å². The number of amides is 2. The lowest BCUT2D eigenvalue weighted by Crippen LogP contribution is -2.33. The molecule has 0 spiro atoms. The van der Waals surface area contributed by atoms with Gasteiger partial charge >= 0.3 is 6.09 Å². The van der Waals surface area contributed by atoms with Crippen molar-refractivity contribution in [2.24, 2.45) is 0 Å². The minimum absolute atomic E-state index is 0.250. The van der Waals surface area contributed by atoms with Crippen molar-refractivity contribution in [3.63, 3.8) is 0 Å². The number of alkyl carbamates (subject to hydrolysis) is 1. The Bertz CT molecular complexity index is 769. The van der Waals surface area contributed by atoms with Crippen molar-refractivity contribution in [1.82, 2.24) is 15.6 Å². The zero-order valence-electron chi connectivity index (χ0n) is 15.7. The highest BCUT2D eigenvalue weighted by molar-refractivity contribution is 7.09. The summed E-state index contributed by atoms with van der Waals surface area (Å²) in [5, 5.41) is 7.91. The fourth-order valence-corrected chi connectivity index (χ4v) is 2.96. The third-order valence-corrected chi connectivity index (χ3v) is 4.31. The Labute approximate surface area is 162 Å². The summed E-state index contributed by atoms with van der Waals surface area (Å²) in [5.74, 6) is -0.529. The number of rotatable bonds is 7. The van der Waals surface area contributed by atoms with Gasteiger partial charge in [0.25, 0.3) is 5.91 Å². The van der Waals surface area contributed by atoms with Gasteiger partial charge in [0.05, 0.1) is 5.01 Å². The highest BCUT2D eigenvalue weighted by Crippen LogP contribution is 2.11.